The number of benzene rings is 1. The van der Waals surface area contributed by atoms with Gasteiger partial charge in [-0.15, -0.1) is 0 Å². The summed E-state index contributed by atoms with van der Waals surface area (Å²) in [5.41, 5.74) is 3.88. The van der Waals surface area contributed by atoms with Crippen LogP contribution in [-0.2, 0) is 6.54 Å². The molecule has 0 amide bonds. The first-order chi connectivity index (χ1) is 9.63. The molecule has 0 aliphatic carbocycles. The maximum atomic E-state index is 13.6. The first kappa shape index (κ1) is 14.8. The average Bonchev–Trinajstić information content (AvgIpc) is 2.87. The van der Waals surface area contributed by atoms with Crippen molar-refractivity contribution in [1.29, 1.82) is 0 Å². The average molecular weight is 299 g/mol. The van der Waals surface area contributed by atoms with Crippen LogP contribution in [0.1, 0.15) is 24.2 Å². The van der Waals surface area contributed by atoms with Crippen LogP contribution in [0.15, 0.2) is 24.4 Å². The Balaban J connectivity index is 2.58. The Morgan fingerprint density at radius 3 is 2.90 bits per heavy atom. The molecule has 0 spiro atoms. The molecule has 1 atom stereocenters. The molecule has 0 aliphatic rings. The van der Waals surface area contributed by atoms with Gasteiger partial charge < -0.3 is 4.74 Å². The molecule has 108 valence electrons. The van der Waals surface area contributed by atoms with E-state index < -0.39 is 11.9 Å². The molecule has 1 aromatic heterocycles. The molecule has 0 bridgehead atoms. The minimum Gasteiger partial charge on any atom is -0.493 e. The van der Waals surface area contributed by atoms with Crippen LogP contribution in [0.4, 0.5) is 4.39 Å². The zero-order valence-corrected chi connectivity index (χ0v) is 12.0. The summed E-state index contributed by atoms with van der Waals surface area (Å²) in [4.78, 5) is 0. The lowest BCUT2D eigenvalue weighted by atomic mass is 10.0. The molecule has 0 saturated carbocycles. The van der Waals surface area contributed by atoms with Crippen molar-refractivity contribution < 1.29 is 9.13 Å². The highest BCUT2D eigenvalue weighted by atomic mass is 35.5. The SMILES string of the molecule is CCn1ncc(OC)c1C(NN)c1cccc(F)c1Cl. The maximum Gasteiger partial charge on any atom is 0.161 e. The van der Waals surface area contributed by atoms with Crippen molar-refractivity contribution in [2.24, 2.45) is 5.84 Å². The summed E-state index contributed by atoms with van der Waals surface area (Å²) in [6.45, 7) is 2.57. The van der Waals surface area contributed by atoms with Gasteiger partial charge in [-0.1, -0.05) is 23.7 Å². The summed E-state index contributed by atoms with van der Waals surface area (Å²) in [7, 11) is 1.54. The molecule has 0 saturated heterocycles. The predicted molar refractivity (Wildman–Crippen MR) is 75.0 cm³/mol. The molecule has 0 aliphatic heterocycles. The number of hydrazine groups is 1. The van der Waals surface area contributed by atoms with Gasteiger partial charge in [-0.05, 0) is 18.6 Å². The lowest BCUT2D eigenvalue weighted by Gasteiger charge is -2.20. The number of halogens is 2. The van der Waals surface area contributed by atoms with Crippen LogP contribution in [0.3, 0.4) is 0 Å². The number of nitrogens with two attached hydrogens (primary N) is 1. The van der Waals surface area contributed by atoms with Gasteiger partial charge in [0.1, 0.15) is 11.5 Å². The number of aryl methyl sites for hydroxylation is 1. The van der Waals surface area contributed by atoms with Gasteiger partial charge in [0.15, 0.2) is 5.75 Å². The number of aromatic nitrogens is 2. The summed E-state index contributed by atoms with van der Waals surface area (Å²) < 4.78 is 20.6. The maximum absolute atomic E-state index is 13.6. The van der Waals surface area contributed by atoms with E-state index in [1.165, 1.54) is 6.07 Å². The molecule has 0 fully saturated rings. The molecule has 5 nitrogen and oxygen atoms in total. The third-order valence-corrected chi connectivity index (χ3v) is 3.50. The molecule has 2 aromatic rings. The minimum absolute atomic E-state index is 0.0290. The highest BCUT2D eigenvalue weighted by molar-refractivity contribution is 6.31. The fourth-order valence-corrected chi connectivity index (χ4v) is 2.37. The van der Waals surface area contributed by atoms with Crippen molar-refractivity contribution in [1.82, 2.24) is 15.2 Å². The van der Waals surface area contributed by atoms with Crippen molar-refractivity contribution in [3.05, 3.63) is 46.5 Å². The highest BCUT2D eigenvalue weighted by Gasteiger charge is 2.25. The summed E-state index contributed by atoms with van der Waals surface area (Å²) in [6, 6.07) is 4.08. The molecule has 1 heterocycles. The van der Waals surface area contributed by atoms with Crippen LogP contribution in [0.5, 0.6) is 5.75 Å². The van der Waals surface area contributed by atoms with Gasteiger partial charge in [0.2, 0.25) is 0 Å². The summed E-state index contributed by atoms with van der Waals surface area (Å²) in [5, 5.41) is 4.24. The molecule has 1 unspecified atom stereocenters. The Morgan fingerprint density at radius 1 is 1.55 bits per heavy atom. The van der Waals surface area contributed by atoms with Gasteiger partial charge in [-0.25, -0.2) is 9.82 Å². The fraction of sp³-hybridized carbons (Fsp3) is 0.308. The number of nitrogens with zero attached hydrogens (tertiary/aromatic N) is 2. The number of nitrogens with one attached hydrogen (secondary N) is 1. The third kappa shape index (κ3) is 2.49. The number of ether oxygens (including phenoxy) is 1. The number of hydrogen-bond acceptors (Lipinski definition) is 4. The molecule has 1 aromatic carbocycles. The lowest BCUT2D eigenvalue weighted by molar-refractivity contribution is 0.399. The summed E-state index contributed by atoms with van der Waals surface area (Å²) >= 11 is 6.03. The predicted octanol–water partition coefficient (Wildman–Crippen LogP) is 2.26. The Hall–Kier alpha value is -1.63. The lowest BCUT2D eigenvalue weighted by Crippen LogP contribution is -2.31. The molecular weight excluding hydrogens is 283 g/mol. The van der Waals surface area contributed by atoms with Gasteiger partial charge in [-0.3, -0.25) is 10.5 Å². The van der Waals surface area contributed by atoms with Crippen molar-refractivity contribution >= 4 is 11.6 Å². The molecule has 3 N–H and O–H groups in total. The molecule has 7 heteroatoms. The van der Waals surface area contributed by atoms with Crippen LogP contribution in [-0.4, -0.2) is 16.9 Å². The highest BCUT2D eigenvalue weighted by Crippen LogP contribution is 2.34. The first-order valence-corrected chi connectivity index (χ1v) is 6.51. The van der Waals surface area contributed by atoms with Gasteiger partial charge in [0.25, 0.3) is 0 Å². The molecule has 0 radical (unpaired) electrons. The Labute approximate surface area is 121 Å². The van der Waals surface area contributed by atoms with E-state index in [9.17, 15) is 4.39 Å². The second-order valence-electron chi connectivity index (χ2n) is 4.16. The van der Waals surface area contributed by atoms with Gasteiger partial charge in [0.05, 0.1) is 24.4 Å². The Morgan fingerprint density at radius 2 is 2.30 bits per heavy atom. The van der Waals surface area contributed by atoms with E-state index in [-0.39, 0.29) is 5.02 Å². The first-order valence-electron chi connectivity index (χ1n) is 6.13. The van der Waals surface area contributed by atoms with Crippen LogP contribution in [0, 0.1) is 5.82 Å². The van der Waals surface area contributed by atoms with Crippen molar-refractivity contribution in [3.8, 4) is 5.75 Å². The zero-order valence-electron chi connectivity index (χ0n) is 11.2. The van der Waals surface area contributed by atoms with Crippen molar-refractivity contribution in [2.45, 2.75) is 19.5 Å². The standard InChI is InChI=1S/C13H16ClFN4O/c1-3-19-13(10(20-2)7-17-19)12(18-16)8-5-4-6-9(15)11(8)14/h4-7,12,18H,3,16H2,1-2H3. The fourth-order valence-electron chi connectivity index (χ4n) is 2.14. The van der Waals surface area contributed by atoms with E-state index >= 15 is 0 Å². The number of rotatable bonds is 5. The Bertz CT molecular complexity index is 581. The van der Waals surface area contributed by atoms with E-state index in [0.29, 0.717) is 23.6 Å². The normalized spacial score (nSPS) is 12.4. The van der Waals surface area contributed by atoms with Crippen LogP contribution in [0.25, 0.3) is 0 Å². The van der Waals surface area contributed by atoms with Crippen LogP contribution >= 0.6 is 11.6 Å². The smallest absolute Gasteiger partial charge is 0.161 e. The van der Waals surface area contributed by atoms with Crippen molar-refractivity contribution in [2.75, 3.05) is 7.11 Å². The summed E-state index contributed by atoms with van der Waals surface area (Å²) in [5.74, 6) is 5.70. The molecule has 2 rings (SSSR count). The monoisotopic (exact) mass is 298 g/mol. The van der Waals surface area contributed by atoms with Gasteiger partial charge >= 0.3 is 0 Å². The van der Waals surface area contributed by atoms with E-state index in [4.69, 9.17) is 22.2 Å². The van der Waals surface area contributed by atoms with E-state index in [1.807, 2.05) is 6.92 Å². The van der Waals surface area contributed by atoms with Crippen LogP contribution in [0.2, 0.25) is 5.02 Å². The molecule has 20 heavy (non-hydrogen) atoms. The molecular formula is C13H16ClFN4O. The van der Waals surface area contributed by atoms with E-state index in [0.717, 1.165) is 0 Å². The topological polar surface area (TPSA) is 65.1 Å². The van der Waals surface area contributed by atoms with Gasteiger partial charge in [0, 0.05) is 6.54 Å². The van der Waals surface area contributed by atoms with Gasteiger partial charge in [-0.2, -0.15) is 5.10 Å². The van der Waals surface area contributed by atoms with E-state index in [1.54, 1.807) is 30.1 Å². The van der Waals surface area contributed by atoms with E-state index in [2.05, 4.69) is 10.5 Å². The second-order valence-corrected chi connectivity index (χ2v) is 4.53. The minimum atomic E-state index is -0.518. The zero-order chi connectivity index (χ0) is 14.7. The largest absolute Gasteiger partial charge is 0.493 e. The third-order valence-electron chi connectivity index (χ3n) is 3.10. The number of methoxy groups -OCH3 is 1. The van der Waals surface area contributed by atoms with Crippen LogP contribution < -0.4 is 16.0 Å². The summed E-state index contributed by atoms with van der Waals surface area (Å²) in [6.07, 6.45) is 1.59. The second kappa shape index (κ2) is 6.21. The number of hydrogen-bond donors (Lipinski definition) is 2. The Kier molecular flexibility index (Phi) is 4.59. The quantitative estimate of drug-likeness (QED) is 0.656. The van der Waals surface area contributed by atoms with Crippen molar-refractivity contribution in [3.63, 3.8) is 0 Å².